The summed E-state index contributed by atoms with van der Waals surface area (Å²) in [6.07, 6.45) is -0.791. The number of aromatic nitrogens is 2. The van der Waals surface area contributed by atoms with Gasteiger partial charge in [-0.1, -0.05) is 0 Å². The predicted molar refractivity (Wildman–Crippen MR) is 54.5 cm³/mol. The molecule has 1 aromatic heterocycles. The van der Waals surface area contributed by atoms with E-state index in [1.807, 2.05) is 0 Å². The summed E-state index contributed by atoms with van der Waals surface area (Å²) in [6.45, 7) is -0.380. The zero-order chi connectivity index (χ0) is 12.4. The lowest BCUT2D eigenvalue weighted by Crippen LogP contribution is -2.28. The fraction of sp³-hybridized carbons (Fsp3) is 0.556. The molecule has 1 fully saturated rings. The van der Waals surface area contributed by atoms with Gasteiger partial charge in [0, 0.05) is 12.6 Å². The number of nitrogens with two attached hydrogens (primary N) is 1. The van der Waals surface area contributed by atoms with Crippen molar-refractivity contribution in [3.8, 4) is 0 Å². The Bertz CT molecular complexity index is 452. The van der Waals surface area contributed by atoms with E-state index in [0.717, 1.165) is 0 Å². The molecule has 1 saturated heterocycles. The Hall–Kier alpha value is -1.51. The monoisotopic (exact) mass is 245 g/mol. The first-order chi connectivity index (χ1) is 8.11. The summed E-state index contributed by atoms with van der Waals surface area (Å²) in [6, 6.07) is 1.44. The van der Waals surface area contributed by atoms with Crippen molar-refractivity contribution in [2.75, 3.05) is 12.3 Å². The van der Waals surface area contributed by atoms with Crippen LogP contribution in [0, 0.1) is 0 Å². The lowest BCUT2D eigenvalue weighted by molar-refractivity contribution is -0.176. The van der Waals surface area contributed by atoms with E-state index in [1.165, 1.54) is 16.8 Å². The molecule has 94 valence electrons. The van der Waals surface area contributed by atoms with E-state index in [9.17, 15) is 14.4 Å². The molecule has 0 bridgehead atoms. The predicted octanol–water partition coefficient (Wildman–Crippen LogP) is -0.625. The molecule has 1 aromatic rings. The second-order valence-corrected chi connectivity index (χ2v) is 3.75. The van der Waals surface area contributed by atoms with Crippen LogP contribution in [0.3, 0.4) is 0 Å². The van der Waals surface area contributed by atoms with Crippen LogP contribution in [0.1, 0.15) is 12.6 Å². The lowest BCUT2D eigenvalue weighted by atomic mass is 10.2. The SMILES string of the molecule is Nc1ccn([C@H]2CC(O)[C@@H](COF)O2)c(=O)n1. The number of ether oxygens (including phenoxy) is 1. The van der Waals surface area contributed by atoms with Gasteiger partial charge in [-0.2, -0.15) is 9.93 Å². The zero-order valence-electron chi connectivity index (χ0n) is 8.82. The molecule has 1 aliphatic heterocycles. The fourth-order valence-corrected chi connectivity index (χ4v) is 1.74. The van der Waals surface area contributed by atoms with E-state index in [2.05, 4.69) is 9.93 Å². The lowest BCUT2D eigenvalue weighted by Gasteiger charge is -2.14. The molecule has 3 atom stereocenters. The van der Waals surface area contributed by atoms with Crippen LogP contribution in [0.2, 0.25) is 0 Å². The van der Waals surface area contributed by atoms with Crippen LogP contribution in [0.15, 0.2) is 17.1 Å². The molecule has 0 aromatic carbocycles. The van der Waals surface area contributed by atoms with Crippen molar-refractivity contribution in [1.82, 2.24) is 9.55 Å². The number of anilines is 1. The molecule has 3 N–H and O–H groups in total. The van der Waals surface area contributed by atoms with Crippen LogP contribution >= 0.6 is 0 Å². The van der Waals surface area contributed by atoms with Crippen LogP contribution < -0.4 is 11.4 Å². The summed E-state index contributed by atoms with van der Waals surface area (Å²) >= 11 is 0. The van der Waals surface area contributed by atoms with E-state index in [0.29, 0.717) is 0 Å². The van der Waals surface area contributed by atoms with Crippen LogP contribution in [0.25, 0.3) is 0 Å². The number of hydrogen-bond acceptors (Lipinski definition) is 6. The third-order valence-corrected chi connectivity index (χ3v) is 2.59. The average molecular weight is 245 g/mol. The molecule has 17 heavy (non-hydrogen) atoms. The Labute approximate surface area is 95.5 Å². The van der Waals surface area contributed by atoms with Crippen molar-refractivity contribution in [3.05, 3.63) is 22.7 Å². The molecule has 0 spiro atoms. The highest BCUT2D eigenvalue weighted by Gasteiger charge is 2.35. The Morgan fingerprint density at radius 3 is 3.18 bits per heavy atom. The van der Waals surface area contributed by atoms with Gasteiger partial charge >= 0.3 is 5.69 Å². The van der Waals surface area contributed by atoms with Crippen LogP contribution in [0.4, 0.5) is 10.3 Å². The van der Waals surface area contributed by atoms with Crippen molar-refractivity contribution in [2.45, 2.75) is 24.9 Å². The van der Waals surface area contributed by atoms with Crippen molar-refractivity contribution in [3.63, 3.8) is 0 Å². The Kier molecular flexibility index (Phi) is 3.36. The summed E-state index contributed by atoms with van der Waals surface area (Å²) in [5.74, 6) is 0.105. The minimum Gasteiger partial charge on any atom is -0.390 e. The molecular weight excluding hydrogens is 233 g/mol. The van der Waals surface area contributed by atoms with Gasteiger partial charge in [-0.05, 0) is 10.6 Å². The molecule has 0 saturated carbocycles. The second kappa shape index (κ2) is 4.78. The van der Waals surface area contributed by atoms with E-state index >= 15 is 0 Å². The maximum atomic E-state index is 11.7. The smallest absolute Gasteiger partial charge is 0.351 e. The minimum absolute atomic E-state index is 0.105. The molecule has 0 radical (unpaired) electrons. The van der Waals surface area contributed by atoms with Gasteiger partial charge in [0.1, 0.15) is 24.8 Å². The van der Waals surface area contributed by atoms with Gasteiger partial charge in [0.15, 0.2) is 0 Å². The van der Waals surface area contributed by atoms with Crippen molar-refractivity contribution in [2.24, 2.45) is 0 Å². The van der Waals surface area contributed by atoms with Gasteiger partial charge in [-0.3, -0.25) is 4.57 Å². The van der Waals surface area contributed by atoms with Gasteiger partial charge in [0.05, 0.1) is 6.10 Å². The Morgan fingerprint density at radius 1 is 1.76 bits per heavy atom. The highest BCUT2D eigenvalue weighted by molar-refractivity contribution is 5.23. The average Bonchev–Trinajstić information content (AvgIpc) is 2.60. The summed E-state index contributed by atoms with van der Waals surface area (Å²) < 4.78 is 18.2. The first-order valence-electron chi connectivity index (χ1n) is 5.03. The maximum Gasteiger partial charge on any atom is 0.351 e. The van der Waals surface area contributed by atoms with E-state index in [4.69, 9.17) is 10.5 Å². The largest absolute Gasteiger partial charge is 0.390 e. The van der Waals surface area contributed by atoms with Crippen molar-refractivity contribution in [1.29, 1.82) is 0 Å². The highest BCUT2D eigenvalue weighted by Crippen LogP contribution is 2.27. The van der Waals surface area contributed by atoms with Crippen LogP contribution in [-0.2, 0) is 9.68 Å². The van der Waals surface area contributed by atoms with Gasteiger partial charge in [-0.25, -0.2) is 4.79 Å². The minimum atomic E-state index is -0.889. The number of hydrogen-bond donors (Lipinski definition) is 2. The summed E-state index contributed by atoms with van der Waals surface area (Å²) in [4.78, 5) is 18.5. The summed E-state index contributed by atoms with van der Waals surface area (Å²) in [5, 5.41) is 9.57. The molecule has 2 heterocycles. The molecule has 0 aliphatic carbocycles. The van der Waals surface area contributed by atoms with Gasteiger partial charge in [-0.15, -0.1) is 0 Å². The molecule has 2 rings (SSSR count). The summed E-state index contributed by atoms with van der Waals surface area (Å²) in [7, 11) is 0. The van der Waals surface area contributed by atoms with Gasteiger partial charge in [0.25, 0.3) is 0 Å². The highest BCUT2D eigenvalue weighted by atomic mass is 19.3. The number of rotatable bonds is 3. The number of aliphatic hydroxyl groups excluding tert-OH is 1. The van der Waals surface area contributed by atoms with Gasteiger partial charge < -0.3 is 15.6 Å². The van der Waals surface area contributed by atoms with Crippen LogP contribution in [-0.4, -0.2) is 33.5 Å². The quantitative estimate of drug-likeness (QED) is 0.735. The zero-order valence-corrected chi connectivity index (χ0v) is 8.82. The number of nitrogens with zero attached hydrogens (tertiary/aromatic N) is 2. The first-order valence-corrected chi connectivity index (χ1v) is 5.03. The topological polar surface area (TPSA) is 99.6 Å². The number of halogens is 1. The molecule has 8 heteroatoms. The van der Waals surface area contributed by atoms with E-state index in [1.54, 1.807) is 0 Å². The third kappa shape index (κ3) is 2.43. The molecule has 7 nitrogen and oxygen atoms in total. The number of aliphatic hydroxyl groups is 1. The Balaban J connectivity index is 2.17. The third-order valence-electron chi connectivity index (χ3n) is 2.59. The molecule has 0 amide bonds. The normalized spacial score (nSPS) is 28.5. The second-order valence-electron chi connectivity index (χ2n) is 3.75. The van der Waals surface area contributed by atoms with E-state index in [-0.39, 0.29) is 18.8 Å². The molecule has 1 unspecified atom stereocenters. The first kappa shape index (κ1) is 12.0. The van der Waals surface area contributed by atoms with Crippen molar-refractivity contribution < 1.29 is 19.3 Å². The van der Waals surface area contributed by atoms with Crippen molar-refractivity contribution >= 4 is 5.82 Å². The maximum absolute atomic E-state index is 11.7. The molecule has 1 aliphatic rings. The van der Waals surface area contributed by atoms with E-state index < -0.39 is 24.1 Å². The fourth-order valence-electron chi connectivity index (χ4n) is 1.74. The summed E-state index contributed by atoms with van der Waals surface area (Å²) in [5.41, 5.74) is 4.76. The van der Waals surface area contributed by atoms with Crippen LogP contribution in [0.5, 0.6) is 0 Å². The standard InChI is InChI=1S/C9H12FN3O4/c10-16-4-6-5(14)3-8(17-6)13-2-1-7(11)12-9(13)15/h1-2,5-6,8,14H,3-4H2,(H2,11,12,15)/t5?,6-,8-/m1/s1. The number of nitrogen functional groups attached to an aromatic ring is 1. The molecular formula is C9H12FN3O4. The Morgan fingerprint density at radius 2 is 2.53 bits per heavy atom. The van der Waals surface area contributed by atoms with Gasteiger partial charge in [0.2, 0.25) is 0 Å².